The second-order valence-electron chi connectivity index (χ2n) is 19.3. The van der Waals surface area contributed by atoms with Gasteiger partial charge in [0.2, 0.25) is 23.5 Å². The van der Waals surface area contributed by atoms with Crippen LogP contribution in [0.25, 0.3) is 11.1 Å². The largest absolute Gasteiger partial charge is 0.493 e. The van der Waals surface area contributed by atoms with Crippen molar-refractivity contribution in [2.45, 2.75) is 64.4 Å². The summed E-state index contributed by atoms with van der Waals surface area (Å²) in [4.78, 5) is 114. The monoisotopic (exact) mass is 1130 g/mol. The van der Waals surface area contributed by atoms with Crippen molar-refractivity contribution in [3.63, 3.8) is 0 Å². The number of imidazole rings is 1. The van der Waals surface area contributed by atoms with Crippen LogP contribution in [0.3, 0.4) is 0 Å². The Balaban J connectivity index is 1.01. The van der Waals surface area contributed by atoms with Gasteiger partial charge in [-0.3, -0.25) is 28.9 Å². The molecule has 432 valence electrons. The number of hydrogen-bond acceptors (Lipinski definition) is 15. The summed E-state index contributed by atoms with van der Waals surface area (Å²) >= 11 is 0. The number of aryl methyl sites for hydroxylation is 2. The van der Waals surface area contributed by atoms with Crippen LogP contribution in [-0.2, 0) is 53.8 Å². The van der Waals surface area contributed by atoms with Crippen molar-refractivity contribution in [2.24, 2.45) is 20.0 Å². The molecule has 7 rings (SSSR count). The number of aromatic nitrogens is 3. The van der Waals surface area contributed by atoms with Crippen LogP contribution in [-0.4, -0.2) is 127 Å². The summed E-state index contributed by atoms with van der Waals surface area (Å²) in [5, 5.41) is 13.5. The minimum absolute atomic E-state index is 0.0215. The summed E-state index contributed by atoms with van der Waals surface area (Å²) in [6.45, 7) is 15.5. The molecule has 2 aromatic heterocycles. The molecule has 0 unspecified atom stereocenters. The van der Waals surface area contributed by atoms with Crippen molar-refractivity contribution in [3.8, 4) is 22.6 Å². The van der Waals surface area contributed by atoms with E-state index in [2.05, 4.69) is 51.3 Å². The van der Waals surface area contributed by atoms with Crippen molar-refractivity contribution in [3.05, 3.63) is 134 Å². The Kier molecular flexibility index (Phi) is 19.7. The average molecular weight is 1130 g/mol. The zero-order valence-electron chi connectivity index (χ0n) is 46.6. The van der Waals surface area contributed by atoms with E-state index in [1.807, 2.05) is 0 Å². The molecule has 2 aliphatic rings. The van der Waals surface area contributed by atoms with Gasteiger partial charge in [0.1, 0.15) is 37.6 Å². The normalized spacial score (nSPS) is 14.8. The van der Waals surface area contributed by atoms with E-state index in [9.17, 15) is 38.4 Å². The first-order chi connectivity index (χ1) is 39.3. The van der Waals surface area contributed by atoms with Crippen LogP contribution >= 0.6 is 0 Å². The van der Waals surface area contributed by atoms with Gasteiger partial charge in [0.05, 0.1) is 31.0 Å². The molecule has 3 aromatic carbocycles. The SMILES string of the molecule is C=CCOC(=O)N[C@H](C(=O)N[C@@H](C)C(=O)Nc1ccc2c(c1)N1C(=O)c3cc(OC)c(OCCCC(=O)Nc4cn(C)c(C(=O)Nc5ccc(-c6cc(C(=O)OCC=C)n(C)c6)cc5)n4)cc3N(C(=O)OCC=C)[C@@H](OC)[C@@H]1C2)C(C)C. The molecule has 0 aliphatic carbocycles. The fourth-order valence-corrected chi connectivity index (χ4v) is 9.20. The number of nitrogens with one attached hydrogen (secondary N) is 5. The number of alkyl carbamates (subject to hydrolysis) is 1. The number of carbonyl (C=O) groups excluding carboxylic acids is 8. The zero-order chi connectivity index (χ0) is 59.4. The molecular weight excluding hydrogens is 1060 g/mol. The molecule has 5 N–H and O–H groups in total. The van der Waals surface area contributed by atoms with Crippen molar-refractivity contribution in [2.75, 3.05) is 66.4 Å². The van der Waals surface area contributed by atoms with Crippen LogP contribution in [0, 0.1) is 5.92 Å². The highest BCUT2D eigenvalue weighted by Gasteiger charge is 2.49. The predicted octanol–water partition coefficient (Wildman–Crippen LogP) is 6.89. The molecule has 4 heterocycles. The van der Waals surface area contributed by atoms with E-state index in [0.717, 1.165) is 11.1 Å². The summed E-state index contributed by atoms with van der Waals surface area (Å²) in [6, 6.07) is 13.7. The Morgan fingerprint density at radius 3 is 2.12 bits per heavy atom. The van der Waals surface area contributed by atoms with E-state index in [1.54, 1.807) is 87.2 Å². The summed E-state index contributed by atoms with van der Waals surface area (Å²) in [5.41, 5.74) is 3.94. The molecule has 5 aromatic rings. The molecule has 0 saturated heterocycles. The minimum Gasteiger partial charge on any atom is -0.493 e. The molecule has 0 spiro atoms. The van der Waals surface area contributed by atoms with E-state index in [0.29, 0.717) is 28.3 Å². The van der Waals surface area contributed by atoms with Crippen molar-refractivity contribution in [1.82, 2.24) is 24.8 Å². The molecular formula is C58H66N10O14. The Bertz CT molecular complexity index is 3280. The highest BCUT2D eigenvalue weighted by Crippen LogP contribution is 2.45. The highest BCUT2D eigenvalue weighted by molar-refractivity contribution is 6.15. The van der Waals surface area contributed by atoms with E-state index in [1.165, 1.54) is 72.1 Å². The Morgan fingerprint density at radius 2 is 1.44 bits per heavy atom. The van der Waals surface area contributed by atoms with E-state index in [-0.39, 0.29) is 86.0 Å². The van der Waals surface area contributed by atoms with Crippen molar-refractivity contribution >= 4 is 76.3 Å². The lowest BCUT2D eigenvalue weighted by molar-refractivity contribution is -0.128. The van der Waals surface area contributed by atoms with Gasteiger partial charge in [0.25, 0.3) is 11.8 Å². The third-order valence-corrected chi connectivity index (χ3v) is 13.2. The van der Waals surface area contributed by atoms with E-state index >= 15 is 0 Å². The lowest BCUT2D eigenvalue weighted by Crippen LogP contribution is -2.53. The number of carbonyl (C=O) groups is 8. The van der Waals surface area contributed by atoms with E-state index < -0.39 is 72.0 Å². The Morgan fingerprint density at radius 1 is 0.744 bits per heavy atom. The maximum atomic E-state index is 15.0. The number of methoxy groups -OCH3 is 2. The van der Waals surface area contributed by atoms with Crippen LogP contribution in [0.1, 0.15) is 70.6 Å². The third kappa shape index (κ3) is 13.8. The maximum absolute atomic E-state index is 15.0. The van der Waals surface area contributed by atoms with Crippen LogP contribution in [0.15, 0.2) is 111 Å². The van der Waals surface area contributed by atoms with Crippen molar-refractivity contribution < 1.29 is 66.8 Å². The fourth-order valence-electron chi connectivity index (χ4n) is 9.20. The first kappa shape index (κ1) is 59.9. The second-order valence-corrected chi connectivity index (χ2v) is 19.3. The first-order valence-corrected chi connectivity index (χ1v) is 26.1. The van der Waals surface area contributed by atoms with Gasteiger partial charge >= 0.3 is 18.2 Å². The zero-order valence-corrected chi connectivity index (χ0v) is 46.6. The number of ether oxygens (including phenoxy) is 6. The molecule has 0 fully saturated rings. The number of hydrogen-bond donors (Lipinski definition) is 5. The van der Waals surface area contributed by atoms with Gasteiger partial charge in [-0.15, -0.1) is 0 Å². The average Bonchev–Trinajstić information content (AvgIpc) is 3.75. The third-order valence-electron chi connectivity index (χ3n) is 13.2. The summed E-state index contributed by atoms with van der Waals surface area (Å²) < 4.78 is 36.8. The Hall–Kier alpha value is -9.71. The quantitative estimate of drug-likeness (QED) is 0.0182. The smallest absolute Gasteiger partial charge is 0.416 e. The summed E-state index contributed by atoms with van der Waals surface area (Å²) in [5.74, 6) is -3.07. The van der Waals surface area contributed by atoms with Gasteiger partial charge in [0, 0.05) is 68.7 Å². The number of anilines is 5. The van der Waals surface area contributed by atoms with Gasteiger partial charge in [-0.2, -0.15) is 0 Å². The maximum Gasteiger partial charge on any atom is 0.416 e. The van der Waals surface area contributed by atoms with Gasteiger partial charge in [-0.25, -0.2) is 24.3 Å². The number of esters is 1. The number of benzene rings is 3. The molecule has 0 bridgehead atoms. The Labute approximate surface area is 473 Å². The van der Waals surface area contributed by atoms with Gasteiger partial charge in [-0.1, -0.05) is 70.0 Å². The lowest BCUT2D eigenvalue weighted by Gasteiger charge is -2.34. The molecule has 24 heteroatoms. The van der Waals surface area contributed by atoms with Crippen LogP contribution in [0.4, 0.5) is 38.2 Å². The van der Waals surface area contributed by atoms with Gasteiger partial charge in [0.15, 0.2) is 23.5 Å². The predicted molar refractivity (Wildman–Crippen MR) is 304 cm³/mol. The second kappa shape index (κ2) is 27.0. The number of fused-ring (bicyclic) bond motifs is 4. The van der Waals surface area contributed by atoms with E-state index in [4.69, 9.17) is 28.4 Å². The fraction of sp³-hybridized carbons (Fsp3) is 0.328. The number of amides is 7. The molecule has 82 heavy (non-hydrogen) atoms. The minimum atomic E-state index is -1.13. The van der Waals surface area contributed by atoms with Gasteiger partial charge < -0.3 is 64.1 Å². The van der Waals surface area contributed by atoms with Crippen LogP contribution in [0.2, 0.25) is 0 Å². The molecule has 4 atom stereocenters. The number of rotatable bonds is 24. The van der Waals surface area contributed by atoms with Crippen LogP contribution in [0.5, 0.6) is 11.5 Å². The molecule has 0 saturated carbocycles. The number of nitrogens with zero attached hydrogens (tertiary/aromatic N) is 5. The van der Waals surface area contributed by atoms with Crippen molar-refractivity contribution in [1.29, 1.82) is 0 Å². The molecule has 24 nitrogen and oxygen atoms in total. The summed E-state index contributed by atoms with van der Waals surface area (Å²) in [7, 11) is 6.13. The van der Waals surface area contributed by atoms with Gasteiger partial charge in [-0.05, 0) is 73.2 Å². The molecule has 2 aliphatic heterocycles. The molecule has 0 radical (unpaired) electrons. The first-order valence-electron chi connectivity index (χ1n) is 26.1. The molecule has 7 amide bonds. The topological polar surface area (TPSA) is 281 Å². The summed E-state index contributed by atoms with van der Waals surface area (Å²) in [6.07, 6.45) is 5.15. The lowest BCUT2D eigenvalue weighted by atomic mass is 10.0. The standard InChI is InChI=1S/C58H66N10O14/c1-11-22-80-56(74)44-27-37(31-65(44)7)35-16-19-38(20-17-35)60-53(72)50-63-47(32-66(50)8)62-48(69)15-14-25-79-46-30-42-40(29-45(46)77-9)54(73)67-41-28-39(21-18-36(41)26-43(67)55(78-10)68(42)58(76)82-24-13-3)61-51(70)34(6)59-52(71)49(33(4)5)64-57(75)81-23-12-2/h11-13,16-21,27-34,43,49,55H,1-3,14-15,22-26H2,4-10H3,(H,59,71)(H,60,72)(H,61,70)(H,62,69)(H,64,75)/t34-,43-,49-,55-/m0/s1. The highest BCUT2D eigenvalue weighted by atomic mass is 16.6. The van der Waals surface area contributed by atoms with Crippen LogP contribution < -0.4 is 45.9 Å².